The van der Waals surface area contributed by atoms with Crippen LogP contribution in [0.3, 0.4) is 0 Å². The molecule has 0 heterocycles. The molecule has 3 heteroatoms. The van der Waals surface area contributed by atoms with Crippen molar-refractivity contribution in [1.82, 2.24) is 0 Å². The van der Waals surface area contributed by atoms with Crippen LogP contribution in [-0.4, -0.2) is 16.4 Å². The van der Waals surface area contributed by atoms with Crippen LogP contribution in [0.4, 0.5) is 0 Å². The van der Waals surface area contributed by atoms with E-state index in [-0.39, 0.29) is 5.41 Å². The van der Waals surface area contributed by atoms with Crippen LogP contribution < -0.4 is 0 Å². The topological polar surface area (TPSA) is 37.3 Å². The van der Waals surface area contributed by atoms with E-state index in [2.05, 4.69) is 15.9 Å². The third kappa shape index (κ3) is 2.13. The molecule has 0 aliphatic heterocycles. The van der Waals surface area contributed by atoms with Crippen LogP contribution >= 0.6 is 15.9 Å². The van der Waals surface area contributed by atoms with Gasteiger partial charge in [0.1, 0.15) is 0 Å². The maximum absolute atomic E-state index is 11.1. The van der Waals surface area contributed by atoms with Gasteiger partial charge in [-0.25, -0.2) is 4.79 Å². The Bertz CT molecular complexity index is 254. The maximum Gasteiger partial charge on any atom is 0.332 e. The van der Waals surface area contributed by atoms with Crippen LogP contribution in [0.5, 0.6) is 0 Å². The third-order valence-electron chi connectivity index (χ3n) is 2.69. The first-order valence-corrected chi connectivity index (χ1v) is 5.63. The summed E-state index contributed by atoms with van der Waals surface area (Å²) in [6.07, 6.45) is 3.01. The van der Waals surface area contributed by atoms with E-state index in [1.165, 1.54) is 0 Å². The smallest absolute Gasteiger partial charge is 0.332 e. The summed E-state index contributed by atoms with van der Waals surface area (Å²) < 4.78 is 0. The predicted octanol–water partition coefficient (Wildman–Crippen LogP) is 2.97. The highest BCUT2D eigenvalue weighted by Gasteiger charge is 2.33. The summed E-state index contributed by atoms with van der Waals surface area (Å²) >= 11 is 3.35. The van der Waals surface area contributed by atoms with E-state index in [0.717, 1.165) is 24.8 Å². The van der Waals surface area contributed by atoms with Gasteiger partial charge in [-0.1, -0.05) is 29.8 Å². The summed E-state index contributed by atoms with van der Waals surface area (Å²) in [6, 6.07) is 0. The van der Waals surface area contributed by atoms with Gasteiger partial charge in [0.2, 0.25) is 0 Å². The zero-order valence-electron chi connectivity index (χ0n) is 8.06. The summed E-state index contributed by atoms with van der Waals surface area (Å²) in [4.78, 5) is 11.1. The van der Waals surface area contributed by atoms with Gasteiger partial charge < -0.3 is 5.11 Å². The summed E-state index contributed by atoms with van der Waals surface area (Å²) in [5.74, 6) is -0.751. The molecule has 0 bridgehead atoms. The Balaban J connectivity index is 3.12. The van der Waals surface area contributed by atoms with Gasteiger partial charge in [-0.2, -0.15) is 0 Å². The fourth-order valence-electron chi connectivity index (χ4n) is 2.05. The van der Waals surface area contributed by atoms with Crippen molar-refractivity contribution in [3.8, 4) is 0 Å². The number of alkyl halides is 1. The highest BCUT2D eigenvalue weighted by molar-refractivity contribution is 9.09. The number of carbonyl (C=O) groups is 1. The number of carboxylic acid groups (broad SMARTS) is 1. The second kappa shape index (κ2) is 3.82. The van der Waals surface area contributed by atoms with Crippen LogP contribution in [-0.2, 0) is 4.79 Å². The minimum absolute atomic E-state index is 0.160. The number of rotatable bonds is 2. The molecule has 1 aliphatic rings. The summed E-state index contributed by atoms with van der Waals surface area (Å²) in [5.41, 5.74) is 1.52. The number of aliphatic carboxylic acids is 1. The molecule has 0 aromatic rings. The largest absolute Gasteiger partial charge is 0.478 e. The first-order chi connectivity index (χ1) is 5.99. The normalized spacial score (nSPS) is 21.8. The number of allylic oxidation sites excluding steroid dienone is 1. The molecule has 0 fully saturated rings. The molecule has 0 spiro atoms. The molecule has 0 aromatic heterocycles. The van der Waals surface area contributed by atoms with E-state index >= 15 is 0 Å². The van der Waals surface area contributed by atoms with Gasteiger partial charge in [0.05, 0.1) is 0 Å². The van der Waals surface area contributed by atoms with Gasteiger partial charge in [0.25, 0.3) is 0 Å². The van der Waals surface area contributed by atoms with Gasteiger partial charge in [0.15, 0.2) is 0 Å². The van der Waals surface area contributed by atoms with E-state index in [4.69, 9.17) is 5.11 Å². The lowest BCUT2D eigenvalue weighted by molar-refractivity contribution is -0.134. The Morgan fingerprint density at radius 2 is 2.23 bits per heavy atom. The molecule has 0 saturated heterocycles. The highest BCUT2D eigenvalue weighted by Crippen LogP contribution is 2.40. The second-order valence-electron chi connectivity index (χ2n) is 4.15. The molecular weight excluding hydrogens is 232 g/mol. The van der Waals surface area contributed by atoms with Crippen molar-refractivity contribution in [2.75, 3.05) is 5.33 Å². The van der Waals surface area contributed by atoms with Crippen LogP contribution in [0.1, 0.15) is 33.1 Å². The van der Waals surface area contributed by atoms with Crippen LogP contribution in [0, 0.1) is 5.41 Å². The molecule has 0 amide bonds. The molecule has 0 atom stereocenters. The molecule has 74 valence electrons. The van der Waals surface area contributed by atoms with E-state index in [9.17, 15) is 4.79 Å². The predicted molar refractivity (Wildman–Crippen MR) is 56.1 cm³/mol. The number of hydrogen-bond donors (Lipinski definition) is 1. The van der Waals surface area contributed by atoms with Crippen molar-refractivity contribution in [1.29, 1.82) is 0 Å². The number of carboxylic acids is 1. The zero-order chi connectivity index (χ0) is 10.1. The lowest BCUT2D eigenvalue weighted by Crippen LogP contribution is -2.26. The zero-order valence-corrected chi connectivity index (χ0v) is 9.65. The van der Waals surface area contributed by atoms with Gasteiger partial charge in [-0.15, -0.1) is 0 Å². The molecule has 0 saturated carbocycles. The lowest BCUT2D eigenvalue weighted by Gasteiger charge is -2.32. The van der Waals surface area contributed by atoms with Gasteiger partial charge in [-0.3, -0.25) is 0 Å². The maximum atomic E-state index is 11.1. The standard InChI is InChI=1S/C10H15BrO2/c1-10(2)5-3-4-7(6-11)8(10)9(12)13/h3-6H2,1-2H3,(H,12,13). The number of halogens is 1. The first-order valence-electron chi connectivity index (χ1n) is 4.51. The minimum atomic E-state index is -0.751. The molecule has 0 unspecified atom stereocenters. The van der Waals surface area contributed by atoms with Crippen molar-refractivity contribution in [3.05, 3.63) is 11.1 Å². The molecule has 0 aromatic carbocycles. The Hall–Kier alpha value is -0.310. The summed E-state index contributed by atoms with van der Waals surface area (Å²) in [5, 5.41) is 9.79. The monoisotopic (exact) mass is 246 g/mol. The Kier molecular flexibility index (Phi) is 3.17. The first kappa shape index (κ1) is 10.8. The molecule has 1 aliphatic carbocycles. The SMILES string of the molecule is CC1(C)CCCC(CBr)=C1C(=O)O. The van der Waals surface area contributed by atoms with Crippen LogP contribution in [0.25, 0.3) is 0 Å². The molecule has 1 rings (SSSR count). The molecule has 1 N–H and O–H groups in total. The van der Waals surface area contributed by atoms with Crippen LogP contribution in [0.2, 0.25) is 0 Å². The Morgan fingerprint density at radius 1 is 1.62 bits per heavy atom. The molecule has 13 heavy (non-hydrogen) atoms. The van der Waals surface area contributed by atoms with Gasteiger partial charge >= 0.3 is 5.97 Å². The van der Waals surface area contributed by atoms with E-state index < -0.39 is 5.97 Å². The molecule has 2 nitrogen and oxygen atoms in total. The highest BCUT2D eigenvalue weighted by atomic mass is 79.9. The van der Waals surface area contributed by atoms with E-state index in [1.54, 1.807) is 0 Å². The average Bonchev–Trinajstić information content (AvgIpc) is 2.01. The second-order valence-corrected chi connectivity index (χ2v) is 4.72. The lowest BCUT2D eigenvalue weighted by atomic mass is 9.73. The van der Waals surface area contributed by atoms with Crippen molar-refractivity contribution in [2.24, 2.45) is 5.41 Å². The van der Waals surface area contributed by atoms with Crippen LogP contribution in [0.15, 0.2) is 11.1 Å². The Morgan fingerprint density at radius 3 is 2.62 bits per heavy atom. The van der Waals surface area contributed by atoms with Crippen molar-refractivity contribution in [3.63, 3.8) is 0 Å². The quantitative estimate of drug-likeness (QED) is 0.761. The van der Waals surface area contributed by atoms with E-state index in [1.807, 2.05) is 13.8 Å². The van der Waals surface area contributed by atoms with Crippen molar-refractivity contribution >= 4 is 21.9 Å². The summed E-state index contributed by atoms with van der Waals surface area (Å²) in [7, 11) is 0. The van der Waals surface area contributed by atoms with E-state index in [0.29, 0.717) is 10.9 Å². The van der Waals surface area contributed by atoms with Crippen molar-refractivity contribution < 1.29 is 9.90 Å². The van der Waals surface area contributed by atoms with Gasteiger partial charge in [-0.05, 0) is 30.3 Å². The fourth-order valence-corrected chi connectivity index (χ4v) is 2.61. The minimum Gasteiger partial charge on any atom is -0.478 e. The number of hydrogen-bond acceptors (Lipinski definition) is 1. The molecular formula is C10H15BrO2. The summed E-state index contributed by atoms with van der Waals surface area (Å²) in [6.45, 7) is 4.02. The molecule has 0 radical (unpaired) electrons. The average molecular weight is 247 g/mol. The Labute approximate surface area is 87.2 Å². The van der Waals surface area contributed by atoms with Crippen molar-refractivity contribution in [2.45, 2.75) is 33.1 Å². The third-order valence-corrected chi connectivity index (χ3v) is 3.36. The fraction of sp³-hybridized carbons (Fsp3) is 0.700. The van der Waals surface area contributed by atoms with Gasteiger partial charge in [0, 0.05) is 10.9 Å².